The molecule has 0 saturated carbocycles. The van der Waals surface area contributed by atoms with Crippen molar-refractivity contribution < 1.29 is 14.6 Å². The van der Waals surface area contributed by atoms with Crippen molar-refractivity contribution in [1.82, 2.24) is 10.3 Å². The van der Waals surface area contributed by atoms with Gasteiger partial charge >= 0.3 is 0 Å². The van der Waals surface area contributed by atoms with Crippen molar-refractivity contribution in [3.05, 3.63) is 47.7 Å². The van der Waals surface area contributed by atoms with E-state index in [0.717, 1.165) is 11.1 Å². The lowest BCUT2D eigenvalue weighted by atomic mass is 10.1. The molecule has 5 heteroatoms. The molecule has 21 heavy (non-hydrogen) atoms. The van der Waals surface area contributed by atoms with E-state index in [1.165, 1.54) is 0 Å². The molecule has 0 bridgehead atoms. The highest BCUT2D eigenvalue weighted by Gasteiger charge is 2.11. The Morgan fingerprint density at radius 3 is 2.67 bits per heavy atom. The van der Waals surface area contributed by atoms with E-state index >= 15 is 0 Å². The van der Waals surface area contributed by atoms with Gasteiger partial charge in [0, 0.05) is 36.5 Å². The van der Waals surface area contributed by atoms with Gasteiger partial charge in [-0.3, -0.25) is 0 Å². The molecule has 1 heterocycles. The third kappa shape index (κ3) is 3.86. The Kier molecular flexibility index (Phi) is 5.00. The summed E-state index contributed by atoms with van der Waals surface area (Å²) in [6, 6.07) is 9.13. The lowest BCUT2D eigenvalue weighted by molar-refractivity contribution is 0.396. The van der Waals surface area contributed by atoms with Gasteiger partial charge in [0.25, 0.3) is 0 Å². The molecule has 5 nitrogen and oxygen atoms in total. The largest absolute Gasteiger partial charge is 0.507 e. The van der Waals surface area contributed by atoms with Crippen LogP contribution in [-0.2, 0) is 6.54 Å². The number of ether oxygens (including phenoxy) is 2. The summed E-state index contributed by atoms with van der Waals surface area (Å²) < 4.78 is 10.2. The quantitative estimate of drug-likeness (QED) is 0.855. The van der Waals surface area contributed by atoms with E-state index in [-0.39, 0.29) is 11.8 Å². The van der Waals surface area contributed by atoms with Crippen molar-refractivity contribution in [2.75, 3.05) is 14.2 Å². The normalized spacial score (nSPS) is 12.0. The van der Waals surface area contributed by atoms with E-state index in [0.29, 0.717) is 18.2 Å². The number of nitrogens with zero attached hydrogens (tertiary/aromatic N) is 1. The number of benzene rings is 1. The van der Waals surface area contributed by atoms with Gasteiger partial charge in [0.05, 0.1) is 14.2 Å². The third-order valence-corrected chi connectivity index (χ3v) is 3.32. The Balaban J connectivity index is 2.02. The minimum atomic E-state index is 0.00932. The average molecular weight is 288 g/mol. The summed E-state index contributed by atoms with van der Waals surface area (Å²) in [5, 5.41) is 13.4. The maximum atomic E-state index is 10.0. The molecule has 2 rings (SSSR count). The van der Waals surface area contributed by atoms with E-state index in [2.05, 4.69) is 10.3 Å². The number of phenols is 1. The van der Waals surface area contributed by atoms with Gasteiger partial charge in [-0.05, 0) is 24.6 Å². The molecule has 0 fully saturated rings. The van der Waals surface area contributed by atoms with Gasteiger partial charge in [0.15, 0.2) is 0 Å². The molecule has 1 aromatic carbocycles. The van der Waals surface area contributed by atoms with E-state index in [1.54, 1.807) is 26.5 Å². The lowest BCUT2D eigenvalue weighted by Gasteiger charge is -2.16. The van der Waals surface area contributed by atoms with Crippen LogP contribution in [0, 0.1) is 0 Å². The third-order valence-electron chi connectivity index (χ3n) is 3.32. The predicted octanol–water partition coefficient (Wildman–Crippen LogP) is 2.66. The summed E-state index contributed by atoms with van der Waals surface area (Å²) in [7, 11) is 3.17. The van der Waals surface area contributed by atoms with Crippen LogP contribution in [0.4, 0.5) is 0 Å². The van der Waals surface area contributed by atoms with Crippen LogP contribution in [0.2, 0.25) is 0 Å². The van der Waals surface area contributed by atoms with Crippen molar-refractivity contribution in [3.63, 3.8) is 0 Å². The summed E-state index contributed by atoms with van der Waals surface area (Å²) in [5.41, 5.74) is 1.90. The summed E-state index contributed by atoms with van der Waals surface area (Å²) >= 11 is 0. The van der Waals surface area contributed by atoms with Crippen molar-refractivity contribution in [3.8, 4) is 17.4 Å². The SMILES string of the molecule is COc1ccc(C(C)NCc2ccnc(OC)c2)c(O)c1. The van der Waals surface area contributed by atoms with Crippen LogP contribution in [0.25, 0.3) is 0 Å². The molecule has 2 N–H and O–H groups in total. The van der Waals surface area contributed by atoms with Gasteiger partial charge in [-0.2, -0.15) is 0 Å². The monoisotopic (exact) mass is 288 g/mol. The first-order valence-electron chi connectivity index (χ1n) is 6.73. The summed E-state index contributed by atoms with van der Waals surface area (Å²) in [4.78, 5) is 4.07. The molecule has 0 spiro atoms. The van der Waals surface area contributed by atoms with Crippen molar-refractivity contribution in [2.24, 2.45) is 0 Å². The molecule has 1 atom stereocenters. The number of aromatic hydroxyl groups is 1. The number of hydrogen-bond acceptors (Lipinski definition) is 5. The molecule has 2 aromatic rings. The molecule has 112 valence electrons. The molecule has 0 aliphatic rings. The van der Waals surface area contributed by atoms with Crippen LogP contribution in [0.15, 0.2) is 36.5 Å². The fourth-order valence-corrected chi connectivity index (χ4v) is 2.07. The lowest BCUT2D eigenvalue weighted by Crippen LogP contribution is -2.18. The van der Waals surface area contributed by atoms with Gasteiger partial charge < -0.3 is 19.9 Å². The number of aromatic nitrogens is 1. The van der Waals surface area contributed by atoms with E-state index < -0.39 is 0 Å². The highest BCUT2D eigenvalue weighted by Crippen LogP contribution is 2.28. The van der Waals surface area contributed by atoms with Crippen LogP contribution in [0.1, 0.15) is 24.1 Å². The minimum absolute atomic E-state index is 0.00932. The molecule has 0 aliphatic carbocycles. The molecular weight excluding hydrogens is 268 g/mol. The number of rotatable bonds is 6. The summed E-state index contributed by atoms with van der Waals surface area (Å²) in [5.74, 6) is 1.46. The summed E-state index contributed by atoms with van der Waals surface area (Å²) in [6.07, 6.45) is 1.71. The highest BCUT2D eigenvalue weighted by atomic mass is 16.5. The Morgan fingerprint density at radius 2 is 2.00 bits per heavy atom. The highest BCUT2D eigenvalue weighted by molar-refractivity contribution is 5.41. The second-order valence-electron chi connectivity index (χ2n) is 4.73. The van der Waals surface area contributed by atoms with E-state index in [1.807, 2.05) is 31.2 Å². The average Bonchev–Trinajstić information content (AvgIpc) is 2.52. The van der Waals surface area contributed by atoms with Crippen LogP contribution in [0.5, 0.6) is 17.4 Å². The molecule has 0 saturated heterocycles. The van der Waals surface area contributed by atoms with Crippen molar-refractivity contribution in [1.29, 1.82) is 0 Å². The molecule has 0 amide bonds. The zero-order chi connectivity index (χ0) is 15.2. The predicted molar refractivity (Wildman–Crippen MR) is 80.7 cm³/mol. The van der Waals surface area contributed by atoms with Gasteiger partial charge in [0.1, 0.15) is 11.5 Å². The number of nitrogens with one attached hydrogen (secondary N) is 1. The van der Waals surface area contributed by atoms with Gasteiger partial charge in [-0.15, -0.1) is 0 Å². The second-order valence-corrected chi connectivity index (χ2v) is 4.73. The van der Waals surface area contributed by atoms with Gasteiger partial charge in [-0.1, -0.05) is 6.07 Å². The zero-order valence-corrected chi connectivity index (χ0v) is 12.5. The molecule has 1 unspecified atom stereocenters. The topological polar surface area (TPSA) is 63.6 Å². The zero-order valence-electron chi connectivity index (χ0n) is 12.5. The first-order chi connectivity index (χ1) is 10.1. The first kappa shape index (κ1) is 15.1. The molecule has 0 aliphatic heterocycles. The number of phenolic OH excluding ortho intramolecular Hbond substituents is 1. The maximum absolute atomic E-state index is 10.0. The molecule has 0 radical (unpaired) electrons. The molecule has 1 aromatic heterocycles. The van der Waals surface area contributed by atoms with Crippen LogP contribution in [0.3, 0.4) is 0 Å². The summed E-state index contributed by atoms with van der Waals surface area (Å²) in [6.45, 7) is 2.66. The standard InChI is InChI=1S/C16H20N2O3/c1-11(14-5-4-13(20-2)9-15(14)19)18-10-12-6-7-17-16(8-12)21-3/h4-9,11,18-19H,10H2,1-3H3. The van der Waals surface area contributed by atoms with Gasteiger partial charge in [-0.25, -0.2) is 4.98 Å². The van der Waals surface area contributed by atoms with Crippen molar-refractivity contribution >= 4 is 0 Å². The first-order valence-corrected chi connectivity index (χ1v) is 6.73. The van der Waals surface area contributed by atoms with Gasteiger partial charge in [0.2, 0.25) is 5.88 Å². The maximum Gasteiger partial charge on any atom is 0.213 e. The number of pyridine rings is 1. The Morgan fingerprint density at radius 1 is 1.19 bits per heavy atom. The fourth-order valence-electron chi connectivity index (χ4n) is 2.07. The fraction of sp³-hybridized carbons (Fsp3) is 0.312. The number of methoxy groups -OCH3 is 2. The smallest absolute Gasteiger partial charge is 0.213 e. The minimum Gasteiger partial charge on any atom is -0.507 e. The number of hydrogen-bond donors (Lipinski definition) is 2. The van der Waals surface area contributed by atoms with Crippen LogP contribution < -0.4 is 14.8 Å². The van der Waals surface area contributed by atoms with E-state index in [4.69, 9.17) is 9.47 Å². The Hall–Kier alpha value is -2.27. The Bertz CT molecular complexity index is 602. The Labute approximate surface area is 124 Å². The van der Waals surface area contributed by atoms with Crippen LogP contribution >= 0.6 is 0 Å². The van der Waals surface area contributed by atoms with E-state index in [9.17, 15) is 5.11 Å². The van der Waals surface area contributed by atoms with Crippen molar-refractivity contribution in [2.45, 2.75) is 19.5 Å². The molecular formula is C16H20N2O3. The van der Waals surface area contributed by atoms with Crippen LogP contribution in [-0.4, -0.2) is 24.3 Å². The second kappa shape index (κ2) is 6.95.